The van der Waals surface area contributed by atoms with Crippen LogP contribution >= 0.6 is 0 Å². The Morgan fingerprint density at radius 2 is 0.632 bits per heavy atom. The summed E-state index contributed by atoms with van der Waals surface area (Å²) in [5, 5.41) is 28.6. The van der Waals surface area contributed by atoms with Crippen molar-refractivity contribution in [2.45, 2.75) is 291 Å². The first-order valence-electron chi connectivity index (χ1n) is 44.6. The summed E-state index contributed by atoms with van der Waals surface area (Å²) in [6.45, 7) is 37.7. The second-order valence-electron chi connectivity index (χ2n) is 35.0. The number of fused-ring (bicyclic) bond motifs is 4. The fourth-order valence-electron chi connectivity index (χ4n) is 18.0. The van der Waals surface area contributed by atoms with Crippen molar-refractivity contribution >= 4 is 52.0 Å². The molecule has 8 aromatic rings. The second-order valence-corrected chi connectivity index (χ2v) is 35.0. The molecule has 0 spiro atoms. The van der Waals surface area contributed by atoms with Gasteiger partial charge in [0.25, 0.3) is 0 Å². The first kappa shape index (κ1) is 87.9. The number of anilines is 4. The number of hydrogen-bond donors (Lipinski definition) is 7. The zero-order valence-electron chi connectivity index (χ0n) is 72.1. The molecule has 0 bridgehead atoms. The average Bonchev–Trinajstić information content (AvgIpc) is 1.67. The molecule has 7 saturated heterocycles. The number of amides is 1. The van der Waals surface area contributed by atoms with Crippen LogP contribution < -0.4 is 57.8 Å². The van der Waals surface area contributed by atoms with Crippen molar-refractivity contribution in [2.24, 2.45) is 23.7 Å². The van der Waals surface area contributed by atoms with Crippen LogP contribution in [-0.4, -0.2) is 244 Å². The van der Waals surface area contributed by atoms with Crippen LogP contribution in [0.5, 0.6) is 24.0 Å². The summed E-state index contributed by atoms with van der Waals surface area (Å²) in [6.07, 6.45) is 36.2. The molecule has 0 unspecified atom stereocenters. The average molecular weight is 1620 g/mol. The van der Waals surface area contributed by atoms with Crippen LogP contribution in [0.1, 0.15) is 240 Å². The summed E-state index contributed by atoms with van der Waals surface area (Å²) in [4.78, 5) is 57.2. The number of carbonyl (C=O) groups is 1. The van der Waals surface area contributed by atoms with E-state index in [1.807, 2.05) is 91.7 Å². The molecule has 646 valence electrons. The number of nitrogen functional groups attached to an aromatic ring is 4. The van der Waals surface area contributed by atoms with E-state index < -0.39 is 5.60 Å². The second kappa shape index (κ2) is 42.5. The Bertz CT molecular complexity index is 4210. The van der Waals surface area contributed by atoms with Crippen LogP contribution in [0.3, 0.4) is 0 Å². The van der Waals surface area contributed by atoms with Crippen molar-refractivity contribution in [3.05, 3.63) is 47.6 Å². The molecule has 0 radical (unpaired) electrons. The number of nitrogens with zero attached hydrogens (tertiary/aromatic N) is 20. The first-order valence-corrected chi connectivity index (χ1v) is 44.6. The number of rotatable bonds is 27. The van der Waals surface area contributed by atoms with E-state index in [1.54, 1.807) is 4.52 Å². The third-order valence-electron chi connectivity index (χ3n) is 24.4. The summed E-state index contributed by atoms with van der Waals surface area (Å²) < 4.78 is 36.3. The quantitative estimate of drug-likeness (QED) is 0.0251. The Balaban J connectivity index is 0.000000145. The molecule has 0 saturated carbocycles. The number of nitrogens with one attached hydrogen (secondary N) is 3. The fourth-order valence-corrected chi connectivity index (χ4v) is 18.0. The van der Waals surface area contributed by atoms with Gasteiger partial charge in [-0.05, 0) is 292 Å². The molecular weight excluding hydrogens is 1480 g/mol. The molecule has 117 heavy (non-hydrogen) atoms. The number of piperidine rings is 7. The lowest BCUT2D eigenvalue weighted by Gasteiger charge is -2.41. The van der Waals surface area contributed by atoms with Crippen LogP contribution in [0.4, 0.5) is 28.1 Å². The number of likely N-dealkylation sites (tertiary alicyclic amines) is 4. The van der Waals surface area contributed by atoms with Gasteiger partial charge in [-0.2, -0.15) is 19.9 Å². The molecule has 15 heterocycles. The van der Waals surface area contributed by atoms with Crippen LogP contribution in [0, 0.1) is 23.7 Å². The van der Waals surface area contributed by atoms with Crippen LogP contribution in [0.2, 0.25) is 0 Å². The maximum Gasteiger partial charge on any atom is 0.410 e. The van der Waals surface area contributed by atoms with Crippen molar-refractivity contribution < 1.29 is 28.5 Å². The van der Waals surface area contributed by atoms with E-state index in [4.69, 9.17) is 46.6 Å². The van der Waals surface area contributed by atoms with Gasteiger partial charge in [-0.15, -0.1) is 20.4 Å². The molecule has 15 rings (SSSR count). The molecule has 0 aromatic carbocycles. The van der Waals surface area contributed by atoms with E-state index >= 15 is 0 Å². The summed E-state index contributed by atoms with van der Waals surface area (Å²) >= 11 is 0. The SMILES string of the molecule is CCC[C@H](C)Oc1nc(N)c2ncc(CC3CCN(C4CCN(C(=O)OC(C)(C)C)CC4)CC3)n2n1.CCC[C@H](C)Oc1nc(N)c2ncc(CC3CCN(C4CCNCC4)CC3)n2n1.CCC[C@H](C)Oc1nc(N)c2ncc(CC3CCN(C4CCNCC4)CC3)n2n1.CCC[C@H](C)Oc1nc(N)c2ncc(CC3CCNCC3)n2n1. The van der Waals surface area contributed by atoms with E-state index in [2.05, 4.69) is 119 Å². The van der Waals surface area contributed by atoms with Crippen molar-refractivity contribution in [3.63, 3.8) is 0 Å². The van der Waals surface area contributed by atoms with E-state index in [1.165, 1.54) is 90.4 Å². The molecule has 8 aromatic heterocycles. The zero-order valence-corrected chi connectivity index (χ0v) is 72.1. The van der Waals surface area contributed by atoms with Crippen molar-refractivity contribution in [2.75, 3.05) is 115 Å². The molecular formula is C84H139N27O6. The molecule has 11 N–H and O–H groups in total. The van der Waals surface area contributed by atoms with Gasteiger partial charge in [0.1, 0.15) is 5.60 Å². The van der Waals surface area contributed by atoms with Gasteiger partial charge >= 0.3 is 30.1 Å². The number of nitrogens with two attached hydrogens (primary N) is 4. The standard InChI is InChI=1S/C26H43N7O3.2C21H35N7O.C16H26N6O/c1-6-7-18(2)35-24-29-22(27)23-28-17-21(33(23)30-24)16-19-8-12-31(13-9-19)20-10-14-32(15-11-20)25(34)36-26(3,4)5;2*1-3-4-15(2)29-21-25-19(22)20-24-14-18(28(20)26-21)13-16-7-11-27(12-8-16)17-5-9-23-10-6-17;1-3-4-11(2)23-16-20-14(17)15-19-10-13(22(15)21-16)9-12-5-7-18-8-6-12/h17-20H,6-16H2,1-5H3,(H2,27,29,30);2*14-17,23H,3-13H2,1-2H3,(H2,22,25,26);10-12,18H,3-9H2,1-2H3,(H2,17,20,21)/t18-;2*15-;11-/m0000/s1. The van der Waals surface area contributed by atoms with Gasteiger partial charge in [0.2, 0.25) is 0 Å². The number of ether oxygens (including phenoxy) is 5. The minimum atomic E-state index is -0.448. The Morgan fingerprint density at radius 3 is 0.889 bits per heavy atom. The first-order chi connectivity index (χ1) is 56.6. The molecule has 7 aliphatic rings. The van der Waals surface area contributed by atoms with Crippen molar-refractivity contribution in [3.8, 4) is 24.0 Å². The summed E-state index contributed by atoms with van der Waals surface area (Å²) in [7, 11) is 0. The van der Waals surface area contributed by atoms with Crippen LogP contribution in [0.15, 0.2) is 24.8 Å². The Hall–Kier alpha value is -8.37. The maximum atomic E-state index is 12.4. The topological polar surface area (TPSA) is 389 Å². The van der Waals surface area contributed by atoms with Crippen molar-refractivity contribution in [1.29, 1.82) is 0 Å². The van der Waals surface area contributed by atoms with E-state index in [-0.39, 0.29) is 30.5 Å². The lowest BCUT2D eigenvalue weighted by Crippen LogP contribution is -2.49. The van der Waals surface area contributed by atoms with Gasteiger partial charge in [0, 0.05) is 31.2 Å². The van der Waals surface area contributed by atoms with Gasteiger partial charge in [-0.25, -0.2) is 42.8 Å². The predicted octanol–water partition coefficient (Wildman–Crippen LogP) is 10.3. The number of aromatic nitrogens is 16. The van der Waals surface area contributed by atoms with Gasteiger partial charge in [0.15, 0.2) is 45.9 Å². The molecule has 7 aliphatic heterocycles. The number of hydrogen-bond acceptors (Lipinski definition) is 28. The number of carbonyl (C=O) groups excluding carboxylic acids is 1. The normalized spacial score (nSPS) is 19.8. The lowest BCUT2D eigenvalue weighted by molar-refractivity contribution is 0.0118. The summed E-state index contributed by atoms with van der Waals surface area (Å²) in [5.74, 6) is 4.03. The highest BCUT2D eigenvalue weighted by Crippen LogP contribution is 2.32. The largest absolute Gasteiger partial charge is 0.459 e. The number of imidazole rings is 4. The zero-order chi connectivity index (χ0) is 82.5. The maximum absolute atomic E-state index is 12.4. The van der Waals surface area contributed by atoms with E-state index in [0.29, 0.717) is 99.6 Å². The predicted molar refractivity (Wildman–Crippen MR) is 457 cm³/mol. The molecule has 33 nitrogen and oxygen atoms in total. The highest BCUT2D eigenvalue weighted by molar-refractivity contribution is 5.68. The highest BCUT2D eigenvalue weighted by Gasteiger charge is 2.34. The highest BCUT2D eigenvalue weighted by atomic mass is 16.6. The van der Waals surface area contributed by atoms with Gasteiger partial charge in [-0.3, -0.25) is 0 Å². The monoisotopic (exact) mass is 1620 g/mol. The third kappa shape index (κ3) is 24.7. The molecule has 7 fully saturated rings. The van der Waals surface area contributed by atoms with Crippen LogP contribution in [-0.2, 0) is 30.4 Å². The molecule has 0 aliphatic carbocycles. The van der Waals surface area contributed by atoms with Crippen LogP contribution in [0.25, 0.3) is 22.6 Å². The van der Waals surface area contributed by atoms with E-state index in [9.17, 15) is 4.79 Å². The summed E-state index contributed by atoms with van der Waals surface area (Å²) in [5.41, 5.74) is 30.8. The lowest BCUT2D eigenvalue weighted by atomic mass is 9.90. The van der Waals surface area contributed by atoms with Crippen molar-refractivity contribution in [1.82, 2.24) is 114 Å². The minimum Gasteiger partial charge on any atom is -0.459 e. The molecule has 4 atom stereocenters. The Morgan fingerprint density at radius 1 is 0.385 bits per heavy atom. The van der Waals surface area contributed by atoms with E-state index in [0.717, 1.165) is 203 Å². The van der Waals surface area contributed by atoms with Gasteiger partial charge in [-0.1, -0.05) is 53.4 Å². The van der Waals surface area contributed by atoms with Gasteiger partial charge < -0.3 is 82.2 Å². The summed E-state index contributed by atoms with van der Waals surface area (Å²) in [6, 6.07) is 3.41. The Labute approximate surface area is 692 Å². The fraction of sp³-hybridized carbons (Fsp3) is 0.750. The third-order valence-corrected chi connectivity index (χ3v) is 24.4. The van der Waals surface area contributed by atoms with Gasteiger partial charge in [0.05, 0.1) is 72.0 Å². The molecule has 1 amide bonds. The Kier molecular flexibility index (Phi) is 32.0. The minimum absolute atomic E-state index is 0.0409. The smallest absolute Gasteiger partial charge is 0.410 e. The molecule has 33 heteroatoms.